The summed E-state index contributed by atoms with van der Waals surface area (Å²) in [7, 11) is 2.04. The zero-order chi connectivity index (χ0) is 29.2. The van der Waals surface area contributed by atoms with Crippen molar-refractivity contribution < 1.29 is 18.0 Å². The summed E-state index contributed by atoms with van der Waals surface area (Å²) in [6, 6.07) is 14.4. The molecule has 0 N–H and O–H groups in total. The summed E-state index contributed by atoms with van der Waals surface area (Å²) in [6.07, 6.45) is -2.34. The number of aldehydes is 1. The van der Waals surface area contributed by atoms with Crippen LogP contribution in [0.1, 0.15) is 65.1 Å². The van der Waals surface area contributed by atoms with Crippen LogP contribution in [0.4, 0.5) is 18.9 Å². The Kier molecular flexibility index (Phi) is 8.66. The second-order valence-electron chi connectivity index (χ2n) is 10.9. The molecule has 2 atom stereocenters. The van der Waals surface area contributed by atoms with Crippen molar-refractivity contribution in [2.45, 2.75) is 66.1 Å². The van der Waals surface area contributed by atoms with Gasteiger partial charge in [0.15, 0.2) is 0 Å². The molecule has 40 heavy (non-hydrogen) atoms. The topological polar surface area (TPSA) is 51.0 Å². The molecule has 4 aromatic rings. The first-order valence-corrected chi connectivity index (χ1v) is 13.7. The summed E-state index contributed by atoms with van der Waals surface area (Å²) >= 11 is 0. The first-order chi connectivity index (χ1) is 18.9. The maximum absolute atomic E-state index is 13.1. The van der Waals surface area contributed by atoms with Gasteiger partial charge < -0.3 is 9.69 Å². The Morgan fingerprint density at radius 1 is 1.02 bits per heavy atom. The lowest BCUT2D eigenvalue weighted by Crippen LogP contribution is -2.26. The standard InChI is InChI=1S/C32H37F3N4O/c1-7-39-29-13-12-27(23(5)31(29)36-37-39)28(14-15-40)25-9-8-21(3)30(18-25)38(6)19-20(2)16-24-10-11-26(17-22(24)4)32(33,34)35/h8-13,15,17-18,20,28H,7,14,16,19H2,1-6H3/t20-,28?/m0/s1. The zero-order valence-corrected chi connectivity index (χ0v) is 24.0. The minimum atomic E-state index is -4.34. The van der Waals surface area contributed by atoms with Gasteiger partial charge in [-0.2, -0.15) is 13.2 Å². The molecule has 1 heterocycles. The number of aromatic nitrogens is 3. The number of hydrogen-bond acceptors (Lipinski definition) is 4. The van der Waals surface area contributed by atoms with Gasteiger partial charge in [0.2, 0.25) is 0 Å². The van der Waals surface area contributed by atoms with Gasteiger partial charge in [0, 0.05) is 38.2 Å². The summed E-state index contributed by atoms with van der Waals surface area (Å²) in [6.45, 7) is 11.5. The van der Waals surface area contributed by atoms with Gasteiger partial charge in [0.25, 0.3) is 0 Å². The molecule has 0 radical (unpaired) electrons. The summed E-state index contributed by atoms with van der Waals surface area (Å²) < 4.78 is 41.1. The molecule has 0 saturated heterocycles. The molecule has 5 nitrogen and oxygen atoms in total. The van der Waals surface area contributed by atoms with Crippen LogP contribution in [0.5, 0.6) is 0 Å². The molecule has 4 rings (SSSR count). The van der Waals surface area contributed by atoms with Crippen LogP contribution < -0.4 is 4.90 Å². The average molecular weight is 551 g/mol. The van der Waals surface area contributed by atoms with Crippen molar-refractivity contribution in [3.05, 3.63) is 87.5 Å². The summed E-state index contributed by atoms with van der Waals surface area (Å²) in [5.41, 5.74) is 8.14. The molecule has 0 saturated carbocycles. The number of carbonyl (C=O) groups excluding carboxylic acids is 1. The quantitative estimate of drug-likeness (QED) is 0.193. The van der Waals surface area contributed by atoms with Crippen LogP contribution in [0.3, 0.4) is 0 Å². The minimum Gasteiger partial charge on any atom is -0.374 e. The van der Waals surface area contributed by atoms with Crippen LogP contribution in [0, 0.1) is 26.7 Å². The average Bonchev–Trinajstić information content (AvgIpc) is 3.33. The van der Waals surface area contributed by atoms with E-state index in [-0.39, 0.29) is 11.8 Å². The van der Waals surface area contributed by atoms with E-state index in [2.05, 4.69) is 53.3 Å². The number of hydrogen-bond donors (Lipinski definition) is 0. The maximum atomic E-state index is 13.1. The van der Waals surface area contributed by atoms with Crippen molar-refractivity contribution in [3.8, 4) is 0 Å². The van der Waals surface area contributed by atoms with Crippen molar-refractivity contribution in [1.82, 2.24) is 15.0 Å². The maximum Gasteiger partial charge on any atom is 0.416 e. The number of fused-ring (bicyclic) bond motifs is 1. The summed E-state index contributed by atoms with van der Waals surface area (Å²) in [5, 5.41) is 8.66. The van der Waals surface area contributed by atoms with E-state index in [4.69, 9.17) is 0 Å². The molecule has 1 unspecified atom stereocenters. The number of halogens is 3. The van der Waals surface area contributed by atoms with Crippen LogP contribution in [-0.2, 0) is 23.9 Å². The highest BCUT2D eigenvalue weighted by atomic mass is 19.4. The lowest BCUT2D eigenvalue weighted by molar-refractivity contribution is -0.137. The number of aryl methyl sites for hydroxylation is 4. The number of alkyl halides is 3. The van der Waals surface area contributed by atoms with Gasteiger partial charge in [-0.05, 0) is 97.7 Å². The van der Waals surface area contributed by atoms with Crippen LogP contribution >= 0.6 is 0 Å². The van der Waals surface area contributed by atoms with E-state index in [1.54, 1.807) is 13.0 Å². The molecule has 3 aromatic carbocycles. The normalized spacial score (nSPS) is 13.4. The summed E-state index contributed by atoms with van der Waals surface area (Å²) in [5.74, 6) is 0.0914. The van der Waals surface area contributed by atoms with Crippen molar-refractivity contribution in [3.63, 3.8) is 0 Å². The molecule has 0 aliphatic rings. The Morgan fingerprint density at radius 2 is 1.77 bits per heavy atom. The lowest BCUT2D eigenvalue weighted by atomic mass is 9.85. The largest absolute Gasteiger partial charge is 0.416 e. The molecule has 0 aliphatic heterocycles. The molecule has 0 fully saturated rings. The van der Waals surface area contributed by atoms with Crippen molar-refractivity contribution in [1.29, 1.82) is 0 Å². The molecule has 0 spiro atoms. The van der Waals surface area contributed by atoms with Crippen LogP contribution in [0.25, 0.3) is 11.0 Å². The van der Waals surface area contributed by atoms with E-state index in [0.717, 1.165) is 63.9 Å². The Balaban J connectivity index is 1.58. The SMILES string of the molecule is CCn1nnc2c(C)c(C(CC=O)c3ccc(C)c(N(C)C[C@@H](C)Cc4ccc(C(F)(F)F)cc4C)c3)ccc21. The monoisotopic (exact) mass is 550 g/mol. The van der Waals surface area contributed by atoms with Gasteiger partial charge >= 0.3 is 6.18 Å². The molecular weight excluding hydrogens is 513 g/mol. The Bertz CT molecular complexity index is 1510. The molecule has 8 heteroatoms. The van der Waals surface area contributed by atoms with Gasteiger partial charge in [-0.3, -0.25) is 0 Å². The van der Waals surface area contributed by atoms with E-state index < -0.39 is 11.7 Å². The number of nitrogens with zero attached hydrogens (tertiary/aromatic N) is 4. The highest BCUT2D eigenvalue weighted by Crippen LogP contribution is 2.36. The van der Waals surface area contributed by atoms with Crippen LogP contribution in [0.2, 0.25) is 0 Å². The van der Waals surface area contributed by atoms with E-state index in [1.807, 2.05) is 31.6 Å². The van der Waals surface area contributed by atoms with E-state index >= 15 is 0 Å². The van der Waals surface area contributed by atoms with Gasteiger partial charge in [-0.1, -0.05) is 36.4 Å². The molecule has 1 aromatic heterocycles. The highest BCUT2D eigenvalue weighted by Gasteiger charge is 2.30. The van der Waals surface area contributed by atoms with Crippen molar-refractivity contribution in [2.24, 2.45) is 5.92 Å². The fourth-order valence-electron chi connectivity index (χ4n) is 5.69. The van der Waals surface area contributed by atoms with Crippen molar-refractivity contribution >= 4 is 23.0 Å². The van der Waals surface area contributed by atoms with Gasteiger partial charge in [0.05, 0.1) is 11.1 Å². The van der Waals surface area contributed by atoms with Gasteiger partial charge in [-0.15, -0.1) is 5.10 Å². The predicted octanol–water partition coefficient (Wildman–Crippen LogP) is 7.43. The van der Waals surface area contributed by atoms with E-state index in [9.17, 15) is 18.0 Å². The smallest absolute Gasteiger partial charge is 0.374 e. The molecular formula is C32H37F3N4O. The Morgan fingerprint density at radius 3 is 2.42 bits per heavy atom. The first kappa shape index (κ1) is 29.3. The lowest BCUT2D eigenvalue weighted by Gasteiger charge is -2.27. The zero-order valence-electron chi connectivity index (χ0n) is 24.0. The van der Waals surface area contributed by atoms with Crippen LogP contribution in [0.15, 0.2) is 48.5 Å². The number of benzene rings is 3. The molecule has 0 aliphatic carbocycles. The van der Waals surface area contributed by atoms with Crippen molar-refractivity contribution in [2.75, 3.05) is 18.5 Å². The summed E-state index contributed by atoms with van der Waals surface area (Å²) in [4.78, 5) is 14.0. The van der Waals surface area contributed by atoms with Gasteiger partial charge in [-0.25, -0.2) is 4.68 Å². The Labute approximate surface area is 234 Å². The van der Waals surface area contributed by atoms with E-state index in [1.165, 1.54) is 12.1 Å². The van der Waals surface area contributed by atoms with Crippen LogP contribution in [-0.4, -0.2) is 34.9 Å². The van der Waals surface area contributed by atoms with E-state index in [0.29, 0.717) is 18.4 Å². The third-order valence-corrected chi connectivity index (χ3v) is 7.86. The molecule has 0 bridgehead atoms. The third-order valence-electron chi connectivity index (χ3n) is 7.86. The number of rotatable bonds is 10. The molecule has 212 valence electrons. The Hall–Kier alpha value is -3.68. The predicted molar refractivity (Wildman–Crippen MR) is 154 cm³/mol. The third kappa shape index (κ3) is 6.06. The van der Waals surface area contributed by atoms with Gasteiger partial charge in [0.1, 0.15) is 11.8 Å². The minimum absolute atomic E-state index is 0.117. The fourth-order valence-corrected chi connectivity index (χ4v) is 5.69. The number of anilines is 1. The highest BCUT2D eigenvalue weighted by molar-refractivity contribution is 5.80. The molecule has 0 amide bonds. The first-order valence-electron chi connectivity index (χ1n) is 13.7. The number of carbonyl (C=O) groups is 1. The second-order valence-corrected chi connectivity index (χ2v) is 10.9. The fraction of sp³-hybridized carbons (Fsp3) is 0.406. The second kappa shape index (κ2) is 11.8.